The monoisotopic (exact) mass is 337 g/mol. The van der Waals surface area contributed by atoms with Crippen molar-refractivity contribution in [2.45, 2.75) is 19.4 Å². The maximum atomic E-state index is 12.3. The van der Waals surface area contributed by atoms with Crippen LogP contribution in [0.25, 0.3) is 0 Å². The van der Waals surface area contributed by atoms with Gasteiger partial charge in [0.05, 0.1) is 6.54 Å². The van der Waals surface area contributed by atoms with Crippen LogP contribution in [0.3, 0.4) is 0 Å². The molecule has 25 heavy (non-hydrogen) atoms. The Kier molecular flexibility index (Phi) is 5.84. The first kappa shape index (κ1) is 17.6. The summed E-state index contributed by atoms with van der Waals surface area (Å²) in [7, 11) is 0. The molecule has 1 saturated heterocycles. The molecule has 3 N–H and O–H groups in total. The van der Waals surface area contributed by atoms with E-state index in [9.17, 15) is 4.79 Å². The summed E-state index contributed by atoms with van der Waals surface area (Å²) in [5.74, 6) is 0.898. The van der Waals surface area contributed by atoms with Crippen LogP contribution in [0, 0.1) is 12.8 Å². The van der Waals surface area contributed by atoms with Crippen molar-refractivity contribution in [3.05, 3.63) is 71.3 Å². The van der Waals surface area contributed by atoms with Gasteiger partial charge in [-0.15, -0.1) is 0 Å². The maximum absolute atomic E-state index is 12.3. The summed E-state index contributed by atoms with van der Waals surface area (Å²) in [5.41, 5.74) is 9.67. The summed E-state index contributed by atoms with van der Waals surface area (Å²) in [6.07, 6.45) is 0. The number of nitrogens with two attached hydrogens (primary N) is 1. The highest BCUT2D eigenvalue weighted by Gasteiger charge is 2.33. The third-order valence-corrected chi connectivity index (χ3v) is 5.15. The van der Waals surface area contributed by atoms with Crippen molar-refractivity contribution in [2.24, 2.45) is 11.7 Å². The van der Waals surface area contributed by atoms with Crippen LogP contribution in [0.1, 0.15) is 22.6 Å². The fourth-order valence-corrected chi connectivity index (χ4v) is 3.67. The first-order chi connectivity index (χ1) is 12.2. The van der Waals surface area contributed by atoms with E-state index in [1.54, 1.807) is 0 Å². The number of nitrogens with zero attached hydrogens (tertiary/aromatic N) is 1. The van der Waals surface area contributed by atoms with E-state index in [1.807, 2.05) is 18.2 Å². The van der Waals surface area contributed by atoms with E-state index in [-0.39, 0.29) is 5.91 Å². The topological polar surface area (TPSA) is 58.4 Å². The SMILES string of the molecule is Cc1ccccc1CNC(=O)CN1C[C@@H](CN)[C@H](c2ccccc2)C1. The normalized spacial score (nSPS) is 20.6. The van der Waals surface area contributed by atoms with E-state index in [2.05, 4.69) is 53.5 Å². The van der Waals surface area contributed by atoms with Crippen molar-refractivity contribution < 1.29 is 4.79 Å². The molecular weight excluding hydrogens is 310 g/mol. The van der Waals surface area contributed by atoms with Gasteiger partial charge in [-0.3, -0.25) is 9.69 Å². The van der Waals surface area contributed by atoms with Crippen LogP contribution in [-0.4, -0.2) is 37.0 Å². The zero-order valence-electron chi connectivity index (χ0n) is 14.8. The van der Waals surface area contributed by atoms with E-state index in [4.69, 9.17) is 5.73 Å². The lowest BCUT2D eigenvalue weighted by Gasteiger charge is -2.17. The number of carbonyl (C=O) groups is 1. The van der Waals surface area contributed by atoms with Gasteiger partial charge in [-0.1, -0.05) is 54.6 Å². The number of amides is 1. The number of hydrogen-bond donors (Lipinski definition) is 2. The minimum absolute atomic E-state index is 0.0766. The van der Waals surface area contributed by atoms with E-state index in [1.165, 1.54) is 16.7 Å². The molecule has 0 saturated carbocycles. The van der Waals surface area contributed by atoms with Gasteiger partial charge in [-0.25, -0.2) is 0 Å². The summed E-state index contributed by atoms with van der Waals surface area (Å²) in [4.78, 5) is 14.6. The highest BCUT2D eigenvalue weighted by molar-refractivity contribution is 5.78. The van der Waals surface area contributed by atoms with Gasteiger partial charge in [0.25, 0.3) is 0 Å². The van der Waals surface area contributed by atoms with Gasteiger partial charge in [0, 0.05) is 25.6 Å². The number of nitrogens with one attached hydrogen (secondary N) is 1. The molecule has 2 aromatic rings. The van der Waals surface area contributed by atoms with Crippen molar-refractivity contribution in [1.82, 2.24) is 10.2 Å². The van der Waals surface area contributed by atoms with Crippen molar-refractivity contribution in [3.63, 3.8) is 0 Å². The van der Waals surface area contributed by atoms with Gasteiger partial charge in [-0.05, 0) is 36.1 Å². The summed E-state index contributed by atoms with van der Waals surface area (Å²) in [5, 5.41) is 3.04. The van der Waals surface area contributed by atoms with E-state index in [0.29, 0.717) is 31.5 Å². The van der Waals surface area contributed by atoms with Crippen LogP contribution < -0.4 is 11.1 Å². The molecule has 2 atom stereocenters. The van der Waals surface area contributed by atoms with E-state index < -0.39 is 0 Å². The maximum Gasteiger partial charge on any atom is 0.234 e. The first-order valence-corrected chi connectivity index (χ1v) is 8.96. The minimum atomic E-state index is 0.0766. The smallest absolute Gasteiger partial charge is 0.234 e. The molecule has 1 fully saturated rings. The molecule has 4 nitrogen and oxygen atoms in total. The molecule has 2 aromatic carbocycles. The Balaban J connectivity index is 1.54. The van der Waals surface area contributed by atoms with Gasteiger partial charge in [-0.2, -0.15) is 0 Å². The fourth-order valence-electron chi connectivity index (χ4n) is 3.67. The molecule has 0 unspecified atom stereocenters. The third kappa shape index (κ3) is 4.47. The Labute approximate surface area is 150 Å². The van der Waals surface area contributed by atoms with Gasteiger partial charge in [0.1, 0.15) is 0 Å². The Bertz CT molecular complexity index is 701. The summed E-state index contributed by atoms with van der Waals surface area (Å²) in [6, 6.07) is 18.6. The molecule has 0 spiro atoms. The van der Waals surface area contributed by atoms with Gasteiger partial charge >= 0.3 is 0 Å². The highest BCUT2D eigenvalue weighted by atomic mass is 16.2. The zero-order chi connectivity index (χ0) is 17.6. The van der Waals surface area contributed by atoms with E-state index >= 15 is 0 Å². The lowest BCUT2D eigenvalue weighted by molar-refractivity contribution is -0.122. The minimum Gasteiger partial charge on any atom is -0.351 e. The Morgan fingerprint density at radius 1 is 1.12 bits per heavy atom. The lowest BCUT2D eigenvalue weighted by atomic mass is 9.89. The van der Waals surface area contributed by atoms with Gasteiger partial charge in [0.2, 0.25) is 5.91 Å². The van der Waals surface area contributed by atoms with Crippen molar-refractivity contribution in [2.75, 3.05) is 26.2 Å². The molecule has 132 valence electrons. The molecule has 0 bridgehead atoms. The zero-order valence-corrected chi connectivity index (χ0v) is 14.8. The number of benzene rings is 2. The standard InChI is InChI=1S/C21H27N3O/c1-16-7-5-6-10-18(16)12-23-21(25)15-24-13-19(11-22)20(14-24)17-8-3-2-4-9-17/h2-10,19-20H,11-15,22H2,1H3,(H,23,25)/t19-,20+/m1/s1. The third-order valence-electron chi connectivity index (χ3n) is 5.15. The van der Waals surface area contributed by atoms with Crippen LogP contribution in [0.5, 0.6) is 0 Å². The molecule has 1 heterocycles. The van der Waals surface area contributed by atoms with Crippen LogP contribution in [0.4, 0.5) is 0 Å². The predicted octanol–water partition coefficient (Wildman–Crippen LogP) is 2.29. The largest absolute Gasteiger partial charge is 0.351 e. The summed E-state index contributed by atoms with van der Waals surface area (Å²) >= 11 is 0. The van der Waals surface area contributed by atoms with Crippen LogP contribution in [-0.2, 0) is 11.3 Å². The number of aryl methyl sites for hydroxylation is 1. The van der Waals surface area contributed by atoms with Crippen molar-refractivity contribution in [1.29, 1.82) is 0 Å². The molecule has 3 rings (SSSR count). The second-order valence-electron chi connectivity index (χ2n) is 6.91. The van der Waals surface area contributed by atoms with Gasteiger partial charge in [0.15, 0.2) is 0 Å². The fraction of sp³-hybridized carbons (Fsp3) is 0.381. The quantitative estimate of drug-likeness (QED) is 0.850. The molecule has 0 aliphatic carbocycles. The number of hydrogen-bond acceptors (Lipinski definition) is 3. The Hall–Kier alpha value is -2.17. The predicted molar refractivity (Wildman–Crippen MR) is 101 cm³/mol. The second kappa shape index (κ2) is 8.28. The van der Waals surface area contributed by atoms with Gasteiger partial charge < -0.3 is 11.1 Å². The molecule has 1 aliphatic heterocycles. The second-order valence-corrected chi connectivity index (χ2v) is 6.91. The molecular formula is C21H27N3O. The molecule has 1 amide bonds. The van der Waals surface area contributed by atoms with E-state index in [0.717, 1.165) is 13.1 Å². The summed E-state index contributed by atoms with van der Waals surface area (Å²) in [6.45, 7) is 5.52. The number of rotatable bonds is 6. The molecule has 4 heteroatoms. The summed E-state index contributed by atoms with van der Waals surface area (Å²) < 4.78 is 0. The van der Waals surface area contributed by atoms with Crippen molar-refractivity contribution >= 4 is 5.91 Å². The first-order valence-electron chi connectivity index (χ1n) is 8.96. The average Bonchev–Trinajstić information content (AvgIpc) is 3.04. The lowest BCUT2D eigenvalue weighted by Crippen LogP contribution is -2.36. The Morgan fingerprint density at radius 3 is 2.56 bits per heavy atom. The van der Waals surface area contributed by atoms with Crippen LogP contribution in [0.2, 0.25) is 0 Å². The molecule has 0 radical (unpaired) electrons. The number of carbonyl (C=O) groups excluding carboxylic acids is 1. The molecule has 0 aromatic heterocycles. The van der Waals surface area contributed by atoms with Crippen molar-refractivity contribution in [3.8, 4) is 0 Å². The highest BCUT2D eigenvalue weighted by Crippen LogP contribution is 2.31. The number of likely N-dealkylation sites (tertiary alicyclic amines) is 1. The average molecular weight is 337 g/mol. The van der Waals surface area contributed by atoms with Crippen LogP contribution in [0.15, 0.2) is 54.6 Å². The molecule has 1 aliphatic rings. The van der Waals surface area contributed by atoms with Crippen LogP contribution >= 0.6 is 0 Å². The Morgan fingerprint density at radius 2 is 1.84 bits per heavy atom.